The van der Waals surface area contributed by atoms with E-state index in [-0.39, 0.29) is 16.8 Å². The van der Waals surface area contributed by atoms with Crippen LogP contribution in [0.4, 0.5) is 10.1 Å². The zero-order valence-electron chi connectivity index (χ0n) is 12.8. The Labute approximate surface area is 155 Å². The van der Waals surface area contributed by atoms with Gasteiger partial charge in [-0.25, -0.2) is 4.39 Å². The Kier molecular flexibility index (Phi) is 5.73. The third-order valence-electron chi connectivity index (χ3n) is 3.41. The lowest BCUT2D eigenvalue weighted by atomic mass is 10.1. The highest BCUT2D eigenvalue weighted by molar-refractivity contribution is 6.47. The number of nitro benzene ring substituents is 1. The van der Waals surface area contributed by atoms with Gasteiger partial charge in [0.15, 0.2) is 6.04 Å². The summed E-state index contributed by atoms with van der Waals surface area (Å²) in [5.41, 5.74) is -0.135. The number of nitro groups is 2. The highest BCUT2D eigenvalue weighted by atomic mass is 35.5. The van der Waals surface area contributed by atoms with Gasteiger partial charge in [-0.1, -0.05) is 12.1 Å². The average Bonchev–Trinajstić information content (AvgIpc) is 2.60. The minimum atomic E-state index is -2.63. The monoisotopic (exact) mass is 401 g/mol. The van der Waals surface area contributed by atoms with Crippen molar-refractivity contribution in [1.29, 1.82) is 0 Å². The number of non-ortho nitro benzene ring substituents is 1. The van der Waals surface area contributed by atoms with Crippen LogP contribution in [0.1, 0.15) is 22.0 Å². The van der Waals surface area contributed by atoms with Crippen LogP contribution in [0.3, 0.4) is 0 Å². The molecule has 1 N–H and O–H groups in total. The minimum Gasteiger partial charge on any atom is -0.336 e. The van der Waals surface area contributed by atoms with Gasteiger partial charge in [0.2, 0.25) is 0 Å². The van der Waals surface area contributed by atoms with Crippen molar-refractivity contribution in [3.05, 3.63) is 85.7 Å². The number of nitrogens with one attached hydrogen (secondary N) is 1. The quantitative estimate of drug-likeness (QED) is 0.343. The highest BCUT2D eigenvalue weighted by Gasteiger charge is 2.49. The van der Waals surface area contributed by atoms with E-state index in [1.807, 2.05) is 0 Å². The van der Waals surface area contributed by atoms with E-state index in [4.69, 9.17) is 23.2 Å². The molecule has 0 radical (unpaired) electrons. The van der Waals surface area contributed by atoms with Crippen molar-refractivity contribution in [2.75, 3.05) is 0 Å². The van der Waals surface area contributed by atoms with Gasteiger partial charge in [-0.2, -0.15) is 0 Å². The first-order chi connectivity index (χ1) is 12.1. The summed E-state index contributed by atoms with van der Waals surface area (Å²) in [6, 6.07) is 7.49. The maximum absolute atomic E-state index is 13.1. The van der Waals surface area contributed by atoms with Crippen molar-refractivity contribution in [3.63, 3.8) is 0 Å². The van der Waals surface area contributed by atoms with Gasteiger partial charge in [-0.3, -0.25) is 25.0 Å². The van der Waals surface area contributed by atoms with Crippen molar-refractivity contribution in [1.82, 2.24) is 5.32 Å². The van der Waals surface area contributed by atoms with Gasteiger partial charge in [0.1, 0.15) is 5.82 Å². The lowest BCUT2D eigenvalue weighted by molar-refractivity contribution is -0.521. The molecule has 0 heterocycles. The van der Waals surface area contributed by atoms with Crippen LogP contribution in [0, 0.1) is 26.0 Å². The van der Waals surface area contributed by atoms with Gasteiger partial charge < -0.3 is 5.32 Å². The summed E-state index contributed by atoms with van der Waals surface area (Å²) in [7, 11) is 0. The van der Waals surface area contributed by atoms with Crippen LogP contribution in [0.25, 0.3) is 0 Å². The van der Waals surface area contributed by atoms with Crippen molar-refractivity contribution in [3.8, 4) is 0 Å². The molecular formula is C15H10Cl2FN3O5. The zero-order chi connectivity index (χ0) is 19.5. The fourth-order valence-corrected chi connectivity index (χ4v) is 2.44. The number of hydrogen-bond donors (Lipinski definition) is 1. The molecule has 2 aromatic carbocycles. The van der Waals surface area contributed by atoms with E-state index in [9.17, 15) is 29.4 Å². The van der Waals surface area contributed by atoms with E-state index in [2.05, 4.69) is 5.32 Å². The molecule has 0 aliphatic carbocycles. The number of nitrogens with zero attached hydrogens (tertiary/aromatic N) is 2. The van der Waals surface area contributed by atoms with Crippen LogP contribution in [-0.2, 0) is 0 Å². The molecule has 0 spiro atoms. The molecule has 0 aliphatic rings. The summed E-state index contributed by atoms with van der Waals surface area (Å²) in [4.78, 5) is 32.5. The molecule has 0 bridgehead atoms. The van der Waals surface area contributed by atoms with E-state index < -0.39 is 32.1 Å². The third kappa shape index (κ3) is 4.24. The molecule has 2 aromatic rings. The van der Waals surface area contributed by atoms with E-state index in [1.54, 1.807) is 0 Å². The molecule has 8 nitrogen and oxygen atoms in total. The summed E-state index contributed by atoms with van der Waals surface area (Å²) < 4.78 is 10.5. The number of rotatable bonds is 6. The third-order valence-corrected chi connectivity index (χ3v) is 4.12. The SMILES string of the molecule is O=C(NC(c1ccc(F)cc1)C(Cl)(Cl)[N+](=O)[O-])c1ccc([N+](=O)[O-])cc1. The normalized spacial score (nSPS) is 12.3. The van der Waals surface area contributed by atoms with Crippen LogP contribution in [0.5, 0.6) is 0 Å². The molecule has 0 fully saturated rings. The Balaban J connectivity index is 2.34. The second kappa shape index (κ2) is 7.63. The number of amides is 1. The van der Waals surface area contributed by atoms with Gasteiger partial charge in [0.25, 0.3) is 11.6 Å². The minimum absolute atomic E-state index is 0.00445. The Morgan fingerprint density at radius 1 is 1.04 bits per heavy atom. The van der Waals surface area contributed by atoms with Crippen molar-refractivity contribution in [2.24, 2.45) is 0 Å². The molecule has 136 valence electrons. The van der Waals surface area contributed by atoms with Gasteiger partial charge >= 0.3 is 4.46 Å². The van der Waals surface area contributed by atoms with E-state index in [1.165, 1.54) is 24.3 Å². The van der Waals surface area contributed by atoms with Crippen LogP contribution in [0.2, 0.25) is 0 Å². The van der Waals surface area contributed by atoms with Crippen LogP contribution >= 0.6 is 23.2 Å². The molecule has 0 aliphatic heterocycles. The Morgan fingerprint density at radius 2 is 1.58 bits per heavy atom. The maximum atomic E-state index is 13.1. The Bertz CT molecular complexity index is 843. The highest BCUT2D eigenvalue weighted by Crippen LogP contribution is 2.37. The van der Waals surface area contributed by atoms with Gasteiger partial charge in [-0.05, 0) is 53.0 Å². The summed E-state index contributed by atoms with van der Waals surface area (Å²) in [6.45, 7) is 0. The van der Waals surface area contributed by atoms with E-state index in [0.29, 0.717) is 0 Å². The van der Waals surface area contributed by atoms with Crippen molar-refractivity contribution in [2.45, 2.75) is 10.5 Å². The molecule has 11 heteroatoms. The molecule has 1 amide bonds. The van der Waals surface area contributed by atoms with Crippen LogP contribution < -0.4 is 5.32 Å². The molecule has 1 unspecified atom stereocenters. The van der Waals surface area contributed by atoms with Crippen molar-refractivity contribution < 1.29 is 19.0 Å². The number of carbonyl (C=O) groups is 1. The fourth-order valence-electron chi connectivity index (χ4n) is 2.08. The van der Waals surface area contributed by atoms with E-state index >= 15 is 0 Å². The number of alkyl halides is 2. The summed E-state index contributed by atoms with van der Waals surface area (Å²) in [6.07, 6.45) is 0. The number of hydrogen-bond acceptors (Lipinski definition) is 5. The van der Waals surface area contributed by atoms with Crippen LogP contribution in [0.15, 0.2) is 48.5 Å². The zero-order valence-corrected chi connectivity index (χ0v) is 14.3. The Morgan fingerprint density at radius 3 is 2.04 bits per heavy atom. The first-order valence-electron chi connectivity index (χ1n) is 6.96. The summed E-state index contributed by atoms with van der Waals surface area (Å²) in [5.74, 6) is -1.40. The first-order valence-corrected chi connectivity index (χ1v) is 7.71. The van der Waals surface area contributed by atoms with Gasteiger partial charge in [0.05, 0.1) is 9.85 Å². The Hall–Kier alpha value is -2.78. The molecule has 0 saturated carbocycles. The standard InChI is InChI=1S/C15H10Cl2FN3O5/c16-15(17,21(25)26)13(9-1-5-11(18)6-2-9)19-14(22)10-3-7-12(8-4-10)20(23)24/h1-8,13H,(H,19,22). The lowest BCUT2D eigenvalue weighted by Crippen LogP contribution is -2.43. The topological polar surface area (TPSA) is 115 Å². The number of halogens is 3. The van der Waals surface area contributed by atoms with Gasteiger partial charge in [0, 0.05) is 17.7 Å². The fraction of sp³-hybridized carbons (Fsp3) is 0.133. The average molecular weight is 402 g/mol. The number of benzene rings is 2. The second-order valence-corrected chi connectivity index (χ2v) is 6.45. The van der Waals surface area contributed by atoms with Crippen LogP contribution in [-0.4, -0.2) is 20.2 Å². The molecular weight excluding hydrogens is 392 g/mol. The largest absolute Gasteiger partial charge is 0.394 e. The smallest absolute Gasteiger partial charge is 0.336 e. The van der Waals surface area contributed by atoms with Gasteiger partial charge in [-0.15, -0.1) is 0 Å². The summed E-state index contributed by atoms with van der Waals surface area (Å²) in [5, 5.41) is 24.1. The predicted molar refractivity (Wildman–Crippen MR) is 91.1 cm³/mol. The second-order valence-electron chi connectivity index (χ2n) is 5.11. The lowest BCUT2D eigenvalue weighted by Gasteiger charge is -2.24. The molecule has 2 rings (SSSR count). The predicted octanol–water partition coefficient (Wildman–Crippen LogP) is 3.61. The van der Waals surface area contributed by atoms with Crippen molar-refractivity contribution >= 4 is 34.8 Å². The van der Waals surface area contributed by atoms with E-state index in [0.717, 1.165) is 24.3 Å². The first kappa shape index (κ1) is 19.5. The maximum Gasteiger partial charge on any atom is 0.394 e. The number of carbonyl (C=O) groups excluding carboxylic acids is 1. The molecule has 1 atom stereocenters. The molecule has 0 aromatic heterocycles. The summed E-state index contributed by atoms with van der Waals surface area (Å²) >= 11 is 11.6. The molecule has 0 saturated heterocycles. The molecule has 26 heavy (non-hydrogen) atoms.